The van der Waals surface area contributed by atoms with E-state index in [4.69, 9.17) is 4.74 Å². The van der Waals surface area contributed by atoms with Crippen LogP contribution in [-0.2, 0) is 11.3 Å². The van der Waals surface area contributed by atoms with E-state index in [9.17, 15) is 9.59 Å². The van der Waals surface area contributed by atoms with E-state index in [1.807, 2.05) is 71.6 Å². The van der Waals surface area contributed by atoms with Gasteiger partial charge in [-0.3, -0.25) is 4.79 Å². The third-order valence-electron chi connectivity index (χ3n) is 4.87. The van der Waals surface area contributed by atoms with Gasteiger partial charge in [-0.05, 0) is 35.4 Å². The number of para-hydroxylation sites is 1. The first-order chi connectivity index (χ1) is 13.7. The minimum absolute atomic E-state index is 0.0275. The average Bonchev–Trinajstić information content (AvgIpc) is 2.76. The molecule has 1 aliphatic rings. The third kappa shape index (κ3) is 3.34. The quantitative estimate of drug-likeness (QED) is 0.696. The van der Waals surface area contributed by atoms with Crippen LogP contribution in [-0.4, -0.2) is 23.9 Å². The Kier molecular flexibility index (Phi) is 4.81. The van der Waals surface area contributed by atoms with Crippen molar-refractivity contribution in [3.8, 4) is 0 Å². The number of carbonyl (C=O) groups is 2. The van der Waals surface area contributed by atoms with Crippen molar-refractivity contribution in [1.29, 1.82) is 0 Å². The maximum absolute atomic E-state index is 13.2. The Labute approximate surface area is 163 Å². The number of nitrogens with zero attached hydrogens (tertiary/aromatic N) is 1. The van der Waals surface area contributed by atoms with Gasteiger partial charge >= 0.3 is 5.97 Å². The second kappa shape index (κ2) is 7.56. The van der Waals surface area contributed by atoms with Crippen molar-refractivity contribution < 1.29 is 14.3 Å². The van der Waals surface area contributed by atoms with Crippen LogP contribution >= 0.6 is 0 Å². The molecule has 28 heavy (non-hydrogen) atoms. The molecule has 3 aromatic rings. The van der Waals surface area contributed by atoms with Gasteiger partial charge in [-0.2, -0.15) is 0 Å². The molecule has 0 bridgehead atoms. The van der Waals surface area contributed by atoms with E-state index >= 15 is 0 Å². The molecule has 1 N–H and O–H groups in total. The second-order valence-electron chi connectivity index (χ2n) is 6.62. The standard InChI is InChI=1S/C23H20N2O3/c1-28-23(27)18-13-11-17(12-14-18)21-24-20-10-6-5-9-19(20)22(26)25(21)15-16-7-3-2-4-8-16/h2-14,21,24H,15H2,1H3/t21-/m1/s1. The molecule has 1 aliphatic heterocycles. The first kappa shape index (κ1) is 17.8. The monoisotopic (exact) mass is 372 g/mol. The van der Waals surface area contributed by atoms with Crippen LogP contribution in [0.1, 0.15) is 38.0 Å². The van der Waals surface area contributed by atoms with Crippen LogP contribution in [0, 0.1) is 0 Å². The number of methoxy groups -OCH3 is 1. The second-order valence-corrected chi connectivity index (χ2v) is 6.62. The van der Waals surface area contributed by atoms with Gasteiger partial charge in [0.1, 0.15) is 6.17 Å². The van der Waals surface area contributed by atoms with Gasteiger partial charge in [0.25, 0.3) is 5.91 Å². The molecule has 1 atom stereocenters. The van der Waals surface area contributed by atoms with Crippen LogP contribution in [0.15, 0.2) is 78.9 Å². The zero-order chi connectivity index (χ0) is 19.5. The van der Waals surface area contributed by atoms with Gasteiger partial charge in [0.05, 0.1) is 18.2 Å². The maximum atomic E-state index is 13.2. The predicted molar refractivity (Wildman–Crippen MR) is 107 cm³/mol. The molecule has 0 radical (unpaired) electrons. The van der Waals surface area contributed by atoms with Crippen molar-refractivity contribution in [3.63, 3.8) is 0 Å². The van der Waals surface area contributed by atoms with E-state index in [0.717, 1.165) is 16.8 Å². The summed E-state index contributed by atoms with van der Waals surface area (Å²) in [5, 5.41) is 3.47. The fraction of sp³-hybridized carbons (Fsp3) is 0.130. The van der Waals surface area contributed by atoms with E-state index in [2.05, 4.69) is 5.32 Å². The predicted octanol–water partition coefficient (Wildman–Crippen LogP) is 4.24. The maximum Gasteiger partial charge on any atom is 0.337 e. The number of ether oxygens (including phenoxy) is 1. The van der Waals surface area contributed by atoms with Crippen LogP contribution in [0.2, 0.25) is 0 Å². The number of esters is 1. The van der Waals surface area contributed by atoms with E-state index in [1.165, 1.54) is 7.11 Å². The summed E-state index contributed by atoms with van der Waals surface area (Å²) >= 11 is 0. The van der Waals surface area contributed by atoms with E-state index in [-0.39, 0.29) is 18.0 Å². The highest BCUT2D eigenvalue weighted by Gasteiger charge is 2.32. The molecule has 4 rings (SSSR count). The summed E-state index contributed by atoms with van der Waals surface area (Å²) < 4.78 is 4.77. The Bertz CT molecular complexity index is 1000. The molecule has 5 nitrogen and oxygen atoms in total. The van der Waals surface area contributed by atoms with E-state index in [1.54, 1.807) is 12.1 Å². The van der Waals surface area contributed by atoms with E-state index in [0.29, 0.717) is 17.7 Å². The van der Waals surface area contributed by atoms with Crippen LogP contribution in [0.5, 0.6) is 0 Å². The molecule has 0 saturated heterocycles. The van der Waals surface area contributed by atoms with Gasteiger partial charge in [0.2, 0.25) is 0 Å². The van der Waals surface area contributed by atoms with Gasteiger partial charge < -0.3 is 15.0 Å². The molecule has 3 aromatic carbocycles. The molecule has 0 fully saturated rings. The summed E-state index contributed by atoms with van der Waals surface area (Å²) in [4.78, 5) is 26.8. The number of anilines is 1. The first-order valence-corrected chi connectivity index (χ1v) is 9.06. The van der Waals surface area contributed by atoms with Gasteiger partial charge in [0.15, 0.2) is 0 Å². The zero-order valence-electron chi connectivity index (χ0n) is 15.5. The van der Waals surface area contributed by atoms with Crippen molar-refractivity contribution in [2.24, 2.45) is 0 Å². The molecule has 0 spiro atoms. The molecule has 140 valence electrons. The van der Waals surface area contributed by atoms with E-state index < -0.39 is 0 Å². The topological polar surface area (TPSA) is 58.6 Å². The third-order valence-corrected chi connectivity index (χ3v) is 4.87. The number of carbonyl (C=O) groups excluding carboxylic acids is 2. The number of hydrogen-bond donors (Lipinski definition) is 1. The van der Waals surface area contributed by atoms with Crippen molar-refractivity contribution in [3.05, 3.63) is 101 Å². The summed E-state index contributed by atoms with van der Waals surface area (Å²) in [5.41, 5.74) is 3.88. The zero-order valence-corrected chi connectivity index (χ0v) is 15.5. The first-order valence-electron chi connectivity index (χ1n) is 9.06. The summed E-state index contributed by atoms with van der Waals surface area (Å²) in [7, 11) is 1.36. The molecule has 5 heteroatoms. The van der Waals surface area contributed by atoms with Gasteiger partial charge in [-0.1, -0.05) is 54.6 Å². The van der Waals surface area contributed by atoms with Crippen molar-refractivity contribution in [2.45, 2.75) is 12.7 Å². The van der Waals surface area contributed by atoms with Crippen LogP contribution in [0.3, 0.4) is 0 Å². The van der Waals surface area contributed by atoms with Gasteiger partial charge in [0, 0.05) is 12.2 Å². The molecular formula is C23H20N2O3. The number of hydrogen-bond acceptors (Lipinski definition) is 4. The lowest BCUT2D eigenvalue weighted by Gasteiger charge is -2.38. The Balaban J connectivity index is 1.71. The molecular weight excluding hydrogens is 352 g/mol. The van der Waals surface area contributed by atoms with Gasteiger partial charge in [-0.15, -0.1) is 0 Å². The lowest BCUT2D eigenvalue weighted by Crippen LogP contribution is -2.42. The highest BCUT2D eigenvalue weighted by atomic mass is 16.5. The highest BCUT2D eigenvalue weighted by Crippen LogP contribution is 2.34. The molecule has 1 heterocycles. The Morgan fingerprint density at radius 2 is 1.64 bits per heavy atom. The van der Waals surface area contributed by atoms with Crippen LogP contribution in [0.25, 0.3) is 0 Å². The molecule has 0 aliphatic carbocycles. The lowest BCUT2D eigenvalue weighted by atomic mass is 10.0. The Hall–Kier alpha value is -3.60. The number of amides is 1. The number of fused-ring (bicyclic) bond motifs is 1. The fourth-order valence-corrected chi connectivity index (χ4v) is 3.42. The smallest absolute Gasteiger partial charge is 0.337 e. The summed E-state index contributed by atoms with van der Waals surface area (Å²) in [6, 6.07) is 24.5. The summed E-state index contributed by atoms with van der Waals surface area (Å²) in [5.74, 6) is -0.411. The fourth-order valence-electron chi connectivity index (χ4n) is 3.42. The average molecular weight is 372 g/mol. The molecule has 0 unspecified atom stereocenters. The van der Waals surface area contributed by atoms with Crippen molar-refractivity contribution in [1.82, 2.24) is 4.90 Å². The molecule has 0 saturated carbocycles. The number of rotatable bonds is 4. The summed E-state index contributed by atoms with van der Waals surface area (Å²) in [6.45, 7) is 0.477. The molecule has 0 aromatic heterocycles. The molecule has 1 amide bonds. The van der Waals surface area contributed by atoms with Gasteiger partial charge in [-0.25, -0.2) is 4.79 Å². The minimum Gasteiger partial charge on any atom is -0.465 e. The normalized spacial score (nSPS) is 15.5. The van der Waals surface area contributed by atoms with Crippen molar-refractivity contribution in [2.75, 3.05) is 12.4 Å². The largest absolute Gasteiger partial charge is 0.465 e. The lowest BCUT2D eigenvalue weighted by molar-refractivity contribution is 0.0598. The van der Waals surface area contributed by atoms with Crippen LogP contribution < -0.4 is 5.32 Å². The Morgan fingerprint density at radius 3 is 2.36 bits per heavy atom. The number of nitrogens with one attached hydrogen (secondary N) is 1. The van der Waals surface area contributed by atoms with Crippen LogP contribution in [0.4, 0.5) is 5.69 Å². The highest BCUT2D eigenvalue weighted by molar-refractivity contribution is 6.01. The Morgan fingerprint density at radius 1 is 0.964 bits per heavy atom. The SMILES string of the molecule is COC(=O)c1ccc([C@@H]2Nc3ccccc3C(=O)N2Cc2ccccc2)cc1. The summed E-state index contributed by atoms with van der Waals surface area (Å²) in [6.07, 6.45) is -0.339. The number of benzene rings is 3. The van der Waals surface area contributed by atoms with Crippen molar-refractivity contribution >= 4 is 17.6 Å². The minimum atomic E-state index is -0.384.